The highest BCUT2D eigenvalue weighted by molar-refractivity contribution is 5.86. The van der Waals surface area contributed by atoms with Crippen molar-refractivity contribution in [3.63, 3.8) is 0 Å². The van der Waals surface area contributed by atoms with E-state index in [0.717, 1.165) is 37.9 Å². The second kappa shape index (κ2) is 6.25. The van der Waals surface area contributed by atoms with Crippen LogP contribution in [0.2, 0.25) is 0 Å². The van der Waals surface area contributed by atoms with Gasteiger partial charge in [-0.15, -0.1) is 0 Å². The quantitative estimate of drug-likeness (QED) is 0.833. The molecule has 1 amide bonds. The highest BCUT2D eigenvalue weighted by atomic mass is 16.2. The summed E-state index contributed by atoms with van der Waals surface area (Å²) < 4.78 is 0. The standard InChI is InChI=1S/C16H30N2O/c1-13(2)14-7-6-11-18(12-8-14)15(19)16(3)9-4-5-10-17-16/h13-14,17H,4-12H2,1-3H3. The summed E-state index contributed by atoms with van der Waals surface area (Å²) in [6.45, 7) is 9.63. The fourth-order valence-corrected chi connectivity index (χ4v) is 3.58. The van der Waals surface area contributed by atoms with Crippen LogP contribution in [0.25, 0.3) is 0 Å². The molecule has 0 aliphatic carbocycles. The van der Waals surface area contributed by atoms with Crippen molar-refractivity contribution in [1.29, 1.82) is 0 Å². The first-order valence-electron chi connectivity index (χ1n) is 8.07. The summed E-state index contributed by atoms with van der Waals surface area (Å²) >= 11 is 0. The Morgan fingerprint density at radius 1 is 1.21 bits per heavy atom. The molecule has 2 heterocycles. The van der Waals surface area contributed by atoms with Gasteiger partial charge in [0, 0.05) is 13.1 Å². The maximum Gasteiger partial charge on any atom is 0.242 e. The zero-order valence-corrected chi connectivity index (χ0v) is 12.9. The Morgan fingerprint density at radius 3 is 2.63 bits per heavy atom. The lowest BCUT2D eigenvalue weighted by atomic mass is 9.89. The minimum absolute atomic E-state index is 0.296. The second-order valence-electron chi connectivity index (χ2n) is 6.94. The van der Waals surface area contributed by atoms with Gasteiger partial charge in [-0.25, -0.2) is 0 Å². The van der Waals surface area contributed by atoms with Crippen molar-refractivity contribution >= 4 is 5.91 Å². The summed E-state index contributed by atoms with van der Waals surface area (Å²) in [7, 11) is 0. The van der Waals surface area contributed by atoms with E-state index in [9.17, 15) is 4.79 Å². The summed E-state index contributed by atoms with van der Waals surface area (Å²) in [5, 5.41) is 3.46. The van der Waals surface area contributed by atoms with E-state index in [-0.39, 0.29) is 5.54 Å². The number of nitrogens with one attached hydrogen (secondary N) is 1. The maximum atomic E-state index is 12.8. The van der Waals surface area contributed by atoms with Crippen LogP contribution in [-0.4, -0.2) is 36.0 Å². The molecule has 2 fully saturated rings. The third kappa shape index (κ3) is 3.50. The van der Waals surface area contributed by atoms with E-state index in [4.69, 9.17) is 0 Å². The molecule has 0 aromatic rings. The van der Waals surface area contributed by atoms with Crippen LogP contribution in [-0.2, 0) is 4.79 Å². The van der Waals surface area contributed by atoms with Gasteiger partial charge in [0.05, 0.1) is 5.54 Å². The monoisotopic (exact) mass is 266 g/mol. The molecule has 2 aliphatic heterocycles. The Bertz CT molecular complexity index is 308. The number of hydrogen-bond donors (Lipinski definition) is 1. The van der Waals surface area contributed by atoms with Crippen molar-refractivity contribution in [2.45, 2.75) is 64.8 Å². The van der Waals surface area contributed by atoms with E-state index in [2.05, 4.69) is 31.0 Å². The van der Waals surface area contributed by atoms with E-state index in [0.29, 0.717) is 5.91 Å². The maximum absolute atomic E-state index is 12.8. The van der Waals surface area contributed by atoms with Crippen molar-refractivity contribution < 1.29 is 4.79 Å². The predicted molar refractivity (Wildman–Crippen MR) is 79.0 cm³/mol. The zero-order chi connectivity index (χ0) is 13.9. The number of nitrogens with zero attached hydrogens (tertiary/aromatic N) is 1. The number of carbonyl (C=O) groups is 1. The number of carbonyl (C=O) groups excluding carboxylic acids is 1. The molecule has 0 spiro atoms. The molecule has 3 nitrogen and oxygen atoms in total. The van der Waals surface area contributed by atoms with Crippen LogP contribution in [0.15, 0.2) is 0 Å². The number of amides is 1. The lowest BCUT2D eigenvalue weighted by molar-refractivity contribution is -0.138. The molecule has 2 saturated heterocycles. The van der Waals surface area contributed by atoms with Gasteiger partial charge in [-0.05, 0) is 63.8 Å². The molecular weight excluding hydrogens is 236 g/mol. The molecule has 19 heavy (non-hydrogen) atoms. The van der Waals surface area contributed by atoms with E-state index in [1.165, 1.54) is 32.1 Å². The average molecular weight is 266 g/mol. The van der Waals surface area contributed by atoms with Gasteiger partial charge < -0.3 is 10.2 Å². The highest BCUT2D eigenvalue weighted by Gasteiger charge is 2.38. The lowest BCUT2D eigenvalue weighted by Crippen LogP contribution is -2.58. The molecular formula is C16H30N2O. The lowest BCUT2D eigenvalue weighted by Gasteiger charge is -2.37. The van der Waals surface area contributed by atoms with Crippen LogP contribution in [0.4, 0.5) is 0 Å². The molecule has 2 atom stereocenters. The number of piperidine rings is 1. The SMILES string of the molecule is CC(C)C1CCCN(C(=O)C2(C)CCCCN2)CC1. The molecule has 110 valence electrons. The van der Waals surface area contributed by atoms with Crippen LogP contribution >= 0.6 is 0 Å². The first-order chi connectivity index (χ1) is 9.03. The van der Waals surface area contributed by atoms with Gasteiger partial charge in [-0.1, -0.05) is 13.8 Å². The summed E-state index contributed by atoms with van der Waals surface area (Å²) in [6.07, 6.45) is 7.02. The van der Waals surface area contributed by atoms with Gasteiger partial charge >= 0.3 is 0 Å². The Kier molecular flexibility index (Phi) is 4.88. The van der Waals surface area contributed by atoms with E-state index in [1.807, 2.05) is 0 Å². The van der Waals surface area contributed by atoms with Gasteiger partial charge in [0.25, 0.3) is 0 Å². The molecule has 0 bridgehead atoms. The fourth-order valence-electron chi connectivity index (χ4n) is 3.58. The van der Waals surface area contributed by atoms with Crippen molar-refractivity contribution in [2.24, 2.45) is 11.8 Å². The van der Waals surface area contributed by atoms with E-state index in [1.54, 1.807) is 0 Å². The fraction of sp³-hybridized carbons (Fsp3) is 0.938. The number of hydrogen-bond acceptors (Lipinski definition) is 2. The van der Waals surface area contributed by atoms with Gasteiger partial charge in [0.15, 0.2) is 0 Å². The Labute approximate surface area is 118 Å². The summed E-state index contributed by atoms with van der Waals surface area (Å²) in [4.78, 5) is 14.9. The van der Waals surface area contributed by atoms with Crippen LogP contribution in [0.5, 0.6) is 0 Å². The molecule has 0 radical (unpaired) electrons. The van der Waals surface area contributed by atoms with Crippen molar-refractivity contribution in [1.82, 2.24) is 10.2 Å². The van der Waals surface area contributed by atoms with Gasteiger partial charge in [-0.3, -0.25) is 4.79 Å². The molecule has 0 aromatic carbocycles. The third-order valence-electron chi connectivity index (χ3n) is 5.09. The third-order valence-corrected chi connectivity index (χ3v) is 5.09. The summed E-state index contributed by atoms with van der Waals surface area (Å²) in [6, 6.07) is 0. The van der Waals surface area contributed by atoms with E-state index >= 15 is 0 Å². The topological polar surface area (TPSA) is 32.3 Å². The average Bonchev–Trinajstić information content (AvgIpc) is 2.64. The van der Waals surface area contributed by atoms with Crippen LogP contribution in [0.3, 0.4) is 0 Å². The van der Waals surface area contributed by atoms with Crippen molar-refractivity contribution in [2.75, 3.05) is 19.6 Å². The Balaban J connectivity index is 1.95. The molecule has 1 N–H and O–H groups in total. The molecule has 2 aliphatic rings. The molecule has 2 rings (SSSR count). The van der Waals surface area contributed by atoms with Crippen LogP contribution in [0.1, 0.15) is 59.3 Å². The zero-order valence-electron chi connectivity index (χ0n) is 12.9. The van der Waals surface area contributed by atoms with E-state index < -0.39 is 0 Å². The van der Waals surface area contributed by atoms with Crippen molar-refractivity contribution in [3.8, 4) is 0 Å². The number of likely N-dealkylation sites (tertiary alicyclic amines) is 1. The van der Waals surface area contributed by atoms with Crippen molar-refractivity contribution in [3.05, 3.63) is 0 Å². The normalized spacial score (nSPS) is 33.3. The highest BCUT2D eigenvalue weighted by Crippen LogP contribution is 2.27. The Morgan fingerprint density at radius 2 is 2.00 bits per heavy atom. The van der Waals surface area contributed by atoms with Gasteiger partial charge in [-0.2, -0.15) is 0 Å². The molecule has 3 heteroatoms. The van der Waals surface area contributed by atoms with Gasteiger partial charge in [0.2, 0.25) is 5.91 Å². The summed E-state index contributed by atoms with van der Waals surface area (Å²) in [5.41, 5.74) is -0.296. The van der Waals surface area contributed by atoms with Gasteiger partial charge in [0.1, 0.15) is 0 Å². The smallest absolute Gasteiger partial charge is 0.242 e. The Hall–Kier alpha value is -0.570. The summed E-state index contributed by atoms with van der Waals surface area (Å²) in [5.74, 6) is 1.89. The molecule has 2 unspecified atom stereocenters. The molecule has 0 saturated carbocycles. The predicted octanol–water partition coefficient (Wildman–Crippen LogP) is 2.80. The second-order valence-corrected chi connectivity index (χ2v) is 6.94. The molecule has 0 aromatic heterocycles. The minimum Gasteiger partial charge on any atom is -0.341 e. The first-order valence-corrected chi connectivity index (χ1v) is 8.07. The van der Waals surface area contributed by atoms with Crippen LogP contribution in [0, 0.1) is 11.8 Å². The first kappa shape index (κ1) is 14.8. The minimum atomic E-state index is -0.296. The largest absolute Gasteiger partial charge is 0.341 e. The van der Waals surface area contributed by atoms with Crippen LogP contribution < -0.4 is 5.32 Å². The number of rotatable bonds is 2.